The number of carboxylic acids is 2. The molecule has 0 bridgehead atoms. The lowest BCUT2D eigenvalue weighted by Crippen LogP contribution is -2.55. The molecule has 10 nitrogen and oxygen atoms in total. The Morgan fingerprint density at radius 1 is 1.19 bits per heavy atom. The fourth-order valence-electron chi connectivity index (χ4n) is 1.58. The van der Waals surface area contributed by atoms with Crippen LogP contribution in [0.15, 0.2) is 0 Å². The molecule has 0 aliphatic rings. The number of nitrogens with two attached hydrogens (primary N) is 3. The van der Waals surface area contributed by atoms with Gasteiger partial charge in [-0.3, -0.25) is 9.59 Å². The Morgan fingerprint density at radius 2 is 1.76 bits per heavy atom. The molecule has 0 spiro atoms. The van der Waals surface area contributed by atoms with Crippen molar-refractivity contribution in [3.8, 4) is 0 Å². The zero-order chi connectivity index (χ0) is 16.6. The van der Waals surface area contributed by atoms with E-state index < -0.39 is 35.3 Å². The highest BCUT2D eigenvalue weighted by atomic mass is 16.4. The smallest absolute Gasteiger partial charge is 0.331 e. The van der Waals surface area contributed by atoms with Gasteiger partial charge in [-0.15, -0.1) is 0 Å². The minimum atomic E-state index is -2.14. The van der Waals surface area contributed by atoms with Crippen LogP contribution in [0, 0.1) is 0 Å². The van der Waals surface area contributed by atoms with Gasteiger partial charge in [-0.1, -0.05) is 0 Å². The average molecular weight is 304 g/mol. The molecule has 2 atom stereocenters. The molecule has 120 valence electrons. The van der Waals surface area contributed by atoms with Gasteiger partial charge in [0.15, 0.2) is 11.3 Å². The Morgan fingerprint density at radius 3 is 2.19 bits per heavy atom. The van der Waals surface area contributed by atoms with E-state index in [0.717, 1.165) is 0 Å². The number of amides is 2. The third-order valence-electron chi connectivity index (χ3n) is 2.93. The summed E-state index contributed by atoms with van der Waals surface area (Å²) in [6, 6.07) is -2.03. The number of urea groups is 1. The first-order valence-electron chi connectivity index (χ1n) is 6.18. The second kappa shape index (κ2) is 8.17. The van der Waals surface area contributed by atoms with Crippen LogP contribution in [-0.2, 0) is 14.4 Å². The van der Waals surface area contributed by atoms with E-state index >= 15 is 0 Å². The average Bonchev–Trinajstić information content (AvgIpc) is 2.39. The van der Waals surface area contributed by atoms with Crippen LogP contribution in [0.4, 0.5) is 4.79 Å². The molecule has 0 aliphatic carbocycles. The van der Waals surface area contributed by atoms with E-state index in [-0.39, 0.29) is 32.2 Å². The van der Waals surface area contributed by atoms with E-state index in [2.05, 4.69) is 5.32 Å². The predicted octanol–water partition coefficient (Wildman–Crippen LogP) is -2.02. The molecule has 0 aromatic heterocycles. The third-order valence-corrected chi connectivity index (χ3v) is 2.93. The SMILES string of the molecule is NC(=O)NCCCC(N)(C(=O)O)C(=O)CCC(N)C(=O)O. The molecule has 0 radical (unpaired) electrons. The van der Waals surface area contributed by atoms with Crippen molar-refractivity contribution >= 4 is 23.8 Å². The highest BCUT2D eigenvalue weighted by molar-refractivity contribution is 6.07. The lowest BCUT2D eigenvalue weighted by Gasteiger charge is -2.23. The van der Waals surface area contributed by atoms with Gasteiger partial charge in [0.05, 0.1) is 0 Å². The van der Waals surface area contributed by atoms with Crippen molar-refractivity contribution in [3.63, 3.8) is 0 Å². The van der Waals surface area contributed by atoms with Gasteiger partial charge in [-0.2, -0.15) is 0 Å². The molecule has 0 heterocycles. The van der Waals surface area contributed by atoms with Crippen molar-refractivity contribution in [1.82, 2.24) is 5.32 Å². The monoisotopic (exact) mass is 304 g/mol. The van der Waals surface area contributed by atoms with Gasteiger partial charge >= 0.3 is 18.0 Å². The van der Waals surface area contributed by atoms with Crippen LogP contribution in [-0.4, -0.2) is 52.1 Å². The molecule has 2 amide bonds. The molecule has 0 aliphatic heterocycles. The standard InChI is InChI=1S/C11H20N4O6/c12-6(8(17)18)2-3-7(16)11(14,9(19)20)4-1-5-15-10(13)21/h6H,1-5,12,14H2,(H,17,18)(H,19,20)(H3,13,15,21). The van der Waals surface area contributed by atoms with Crippen molar-refractivity contribution in [3.05, 3.63) is 0 Å². The van der Waals surface area contributed by atoms with Gasteiger partial charge in [0.1, 0.15) is 6.04 Å². The predicted molar refractivity (Wildman–Crippen MR) is 71.2 cm³/mol. The Hall–Kier alpha value is -2.20. The Kier molecular flexibility index (Phi) is 7.31. The number of primary amides is 1. The van der Waals surface area contributed by atoms with Crippen LogP contribution < -0.4 is 22.5 Å². The number of aliphatic carboxylic acids is 2. The van der Waals surface area contributed by atoms with E-state index in [0.29, 0.717) is 0 Å². The zero-order valence-corrected chi connectivity index (χ0v) is 11.4. The summed E-state index contributed by atoms with van der Waals surface area (Å²) in [5, 5.41) is 19.9. The molecule has 0 saturated carbocycles. The van der Waals surface area contributed by atoms with E-state index in [1.165, 1.54) is 0 Å². The molecule has 10 heteroatoms. The third kappa shape index (κ3) is 6.19. The van der Waals surface area contributed by atoms with Gasteiger partial charge < -0.3 is 32.7 Å². The van der Waals surface area contributed by atoms with Crippen LogP contribution in [0.2, 0.25) is 0 Å². The maximum atomic E-state index is 11.9. The molecular formula is C11H20N4O6. The number of hydrogen-bond acceptors (Lipinski definition) is 6. The fourth-order valence-corrected chi connectivity index (χ4v) is 1.58. The second-order valence-electron chi connectivity index (χ2n) is 4.58. The normalized spacial score (nSPS) is 14.8. The molecular weight excluding hydrogens is 284 g/mol. The van der Waals surface area contributed by atoms with Gasteiger partial charge in [0.25, 0.3) is 0 Å². The minimum Gasteiger partial charge on any atom is -0.480 e. The number of nitrogens with one attached hydrogen (secondary N) is 1. The summed E-state index contributed by atoms with van der Waals surface area (Å²) < 4.78 is 0. The van der Waals surface area contributed by atoms with Gasteiger partial charge in [-0.05, 0) is 19.3 Å². The van der Waals surface area contributed by atoms with Crippen molar-refractivity contribution in [2.75, 3.05) is 6.54 Å². The minimum absolute atomic E-state index is 0.0729. The Balaban J connectivity index is 4.55. The lowest BCUT2D eigenvalue weighted by molar-refractivity contribution is -0.148. The molecule has 0 aromatic rings. The molecule has 0 rings (SSSR count). The number of rotatable bonds is 10. The van der Waals surface area contributed by atoms with E-state index in [4.69, 9.17) is 27.4 Å². The van der Waals surface area contributed by atoms with Crippen LogP contribution in [0.1, 0.15) is 25.7 Å². The van der Waals surface area contributed by atoms with Gasteiger partial charge in [-0.25, -0.2) is 9.59 Å². The first-order valence-corrected chi connectivity index (χ1v) is 6.18. The van der Waals surface area contributed by atoms with Crippen molar-refractivity contribution in [1.29, 1.82) is 0 Å². The quantitative estimate of drug-likeness (QED) is 0.196. The summed E-state index contributed by atoms with van der Waals surface area (Å²) in [6.45, 7) is 0.0729. The molecule has 0 fully saturated rings. The van der Waals surface area contributed by atoms with Crippen molar-refractivity contribution in [2.24, 2.45) is 17.2 Å². The van der Waals surface area contributed by atoms with Crippen LogP contribution in [0.5, 0.6) is 0 Å². The topological polar surface area (TPSA) is 199 Å². The maximum absolute atomic E-state index is 11.9. The second-order valence-corrected chi connectivity index (χ2v) is 4.58. The highest BCUT2D eigenvalue weighted by Gasteiger charge is 2.41. The maximum Gasteiger partial charge on any atom is 0.331 e. The number of carboxylic acid groups (broad SMARTS) is 2. The van der Waals surface area contributed by atoms with E-state index in [9.17, 15) is 19.2 Å². The molecule has 9 N–H and O–H groups in total. The summed E-state index contributed by atoms with van der Waals surface area (Å²) in [6.07, 6.45) is -0.661. The molecule has 21 heavy (non-hydrogen) atoms. The number of carbonyl (C=O) groups is 4. The van der Waals surface area contributed by atoms with Crippen molar-refractivity contribution in [2.45, 2.75) is 37.3 Å². The summed E-state index contributed by atoms with van der Waals surface area (Å²) in [5.41, 5.74) is 13.5. The number of Topliss-reactive ketones (excluding diaryl/α,β-unsaturated/α-hetero) is 1. The molecule has 0 saturated heterocycles. The fraction of sp³-hybridized carbons (Fsp3) is 0.636. The first kappa shape index (κ1) is 18.8. The number of ketones is 1. The Labute approximate surface area is 120 Å². The summed E-state index contributed by atoms with van der Waals surface area (Å²) in [5.74, 6) is -3.62. The molecule has 2 unspecified atom stereocenters. The van der Waals surface area contributed by atoms with E-state index in [1.807, 2.05) is 0 Å². The van der Waals surface area contributed by atoms with Crippen LogP contribution in [0.25, 0.3) is 0 Å². The van der Waals surface area contributed by atoms with Gasteiger partial charge in [0.2, 0.25) is 0 Å². The van der Waals surface area contributed by atoms with Crippen molar-refractivity contribution < 1.29 is 29.4 Å². The summed E-state index contributed by atoms with van der Waals surface area (Å²) in [4.78, 5) is 44.1. The number of hydrogen-bond donors (Lipinski definition) is 6. The van der Waals surface area contributed by atoms with Crippen LogP contribution >= 0.6 is 0 Å². The van der Waals surface area contributed by atoms with E-state index in [1.54, 1.807) is 0 Å². The largest absolute Gasteiger partial charge is 0.480 e. The number of carbonyl (C=O) groups excluding carboxylic acids is 2. The Bertz CT molecular complexity index is 427. The lowest BCUT2D eigenvalue weighted by atomic mass is 9.86. The highest BCUT2D eigenvalue weighted by Crippen LogP contribution is 2.15. The molecule has 0 aromatic carbocycles. The summed E-state index contributed by atoms with van der Waals surface area (Å²) >= 11 is 0. The first-order chi connectivity index (χ1) is 9.61. The van der Waals surface area contributed by atoms with Gasteiger partial charge in [0, 0.05) is 13.0 Å². The zero-order valence-electron chi connectivity index (χ0n) is 11.4. The van der Waals surface area contributed by atoms with Crippen LogP contribution in [0.3, 0.4) is 0 Å². The summed E-state index contributed by atoms with van der Waals surface area (Å²) in [7, 11) is 0.